The van der Waals surface area contributed by atoms with Gasteiger partial charge in [0.2, 0.25) is 10.0 Å². The highest BCUT2D eigenvalue weighted by atomic mass is 35.5. The van der Waals surface area contributed by atoms with Gasteiger partial charge in [-0.05, 0) is 62.5 Å². The van der Waals surface area contributed by atoms with Crippen LogP contribution in [0.1, 0.15) is 19.4 Å². The quantitative estimate of drug-likeness (QED) is 0.258. The molecule has 1 fully saturated rings. The number of halogens is 2. The molecule has 37 heavy (non-hydrogen) atoms. The van der Waals surface area contributed by atoms with Crippen molar-refractivity contribution in [2.24, 2.45) is 5.90 Å². The number of hydrogen-bond donors (Lipinski definition) is 4. The molecular formula is C23H34Cl2N4O7S. The van der Waals surface area contributed by atoms with E-state index in [0.717, 1.165) is 16.4 Å². The predicted octanol–water partition coefficient (Wildman–Crippen LogP) is 2.28. The van der Waals surface area contributed by atoms with Gasteiger partial charge in [-0.2, -0.15) is 4.31 Å². The van der Waals surface area contributed by atoms with E-state index in [4.69, 9.17) is 26.3 Å². The Bertz CT molecular complexity index is 1090. The van der Waals surface area contributed by atoms with Crippen LogP contribution in [0.25, 0.3) is 0 Å². The zero-order valence-electron chi connectivity index (χ0n) is 20.8. The van der Waals surface area contributed by atoms with Gasteiger partial charge in [0.15, 0.2) is 0 Å². The Balaban J connectivity index is 0.00000223. The second-order valence-electron chi connectivity index (χ2n) is 8.20. The Kier molecular flexibility index (Phi) is 13.8. The van der Waals surface area contributed by atoms with Gasteiger partial charge in [-0.15, -0.1) is 12.4 Å². The smallest absolute Gasteiger partial charge is 0.264 e. The molecule has 3 atom stereocenters. The lowest BCUT2D eigenvalue weighted by Gasteiger charge is -2.42. The number of hydroxylamine groups is 1. The van der Waals surface area contributed by atoms with Crippen LogP contribution < -0.4 is 16.1 Å². The summed E-state index contributed by atoms with van der Waals surface area (Å²) in [7, 11) is -2.17. The summed E-state index contributed by atoms with van der Waals surface area (Å²) in [6.07, 6.45) is -1.19. The molecule has 1 amide bonds. The van der Waals surface area contributed by atoms with Crippen molar-refractivity contribution in [2.45, 2.75) is 43.6 Å². The Morgan fingerprint density at radius 2 is 1.92 bits per heavy atom. The number of ether oxygens (including phenoxy) is 2. The Hall–Kier alpha value is -2.00. The standard InChI is InChI=1S/C23H30ClN3O6S.ClH.H3NO/c1-4-26(3)13-20-14-27(22(16(2)33-20)23(28)25-29)34(30,31)21-10-8-19(9-11-21)32-15-17-6-5-7-18(24)12-17;;1-2/h5-12,16,20,22,29H,4,13-15H2,1-3H3,(H,25,28);1H;2H,1H2/t16-,20-,22+;;/m0../s1. The molecule has 1 saturated heterocycles. The highest BCUT2D eigenvalue weighted by Crippen LogP contribution is 2.28. The number of benzene rings is 2. The minimum atomic E-state index is -4.07. The number of hydrogen-bond acceptors (Lipinski definition) is 9. The zero-order chi connectivity index (χ0) is 26.9. The molecule has 2 aromatic rings. The molecule has 0 aromatic heterocycles. The first-order valence-electron chi connectivity index (χ1n) is 11.2. The molecule has 3 rings (SSSR count). The maximum absolute atomic E-state index is 13.5. The molecule has 14 heteroatoms. The van der Waals surface area contributed by atoms with Crippen LogP contribution in [0.4, 0.5) is 0 Å². The summed E-state index contributed by atoms with van der Waals surface area (Å²) >= 11 is 5.99. The first-order chi connectivity index (χ1) is 17.1. The molecule has 1 heterocycles. The third-order valence-electron chi connectivity index (χ3n) is 5.70. The largest absolute Gasteiger partial charge is 0.489 e. The van der Waals surface area contributed by atoms with Crippen LogP contribution in [0.15, 0.2) is 53.4 Å². The number of nitrogens with two attached hydrogens (primary N) is 1. The molecule has 0 spiro atoms. The monoisotopic (exact) mass is 580 g/mol. The number of morpholine rings is 1. The number of carbonyl (C=O) groups excluding carboxylic acids is 1. The van der Waals surface area contributed by atoms with Crippen molar-refractivity contribution in [2.75, 3.05) is 26.7 Å². The van der Waals surface area contributed by atoms with Gasteiger partial charge < -0.3 is 19.6 Å². The summed E-state index contributed by atoms with van der Waals surface area (Å²) in [5.74, 6) is 3.14. The molecule has 0 aliphatic carbocycles. The fraction of sp³-hybridized carbons (Fsp3) is 0.435. The minimum absolute atomic E-state index is 0. The van der Waals surface area contributed by atoms with Gasteiger partial charge in [0.1, 0.15) is 18.4 Å². The number of rotatable bonds is 9. The zero-order valence-corrected chi connectivity index (χ0v) is 23.2. The van der Waals surface area contributed by atoms with Crippen molar-refractivity contribution in [3.63, 3.8) is 0 Å². The normalized spacial score (nSPS) is 19.8. The van der Waals surface area contributed by atoms with Gasteiger partial charge >= 0.3 is 0 Å². The van der Waals surface area contributed by atoms with E-state index in [0.29, 0.717) is 17.3 Å². The van der Waals surface area contributed by atoms with Crippen molar-refractivity contribution in [3.05, 3.63) is 59.1 Å². The predicted molar refractivity (Wildman–Crippen MR) is 141 cm³/mol. The van der Waals surface area contributed by atoms with E-state index in [-0.39, 0.29) is 30.5 Å². The van der Waals surface area contributed by atoms with E-state index >= 15 is 0 Å². The summed E-state index contributed by atoms with van der Waals surface area (Å²) in [6.45, 7) is 5.11. The highest BCUT2D eigenvalue weighted by molar-refractivity contribution is 7.89. The topological polar surface area (TPSA) is 155 Å². The Morgan fingerprint density at radius 1 is 1.27 bits per heavy atom. The third kappa shape index (κ3) is 8.77. The second-order valence-corrected chi connectivity index (χ2v) is 10.5. The van der Waals surface area contributed by atoms with Crippen LogP contribution in [0.2, 0.25) is 5.02 Å². The Labute approximate surface area is 228 Å². The third-order valence-corrected chi connectivity index (χ3v) is 7.80. The number of nitrogens with zero attached hydrogens (tertiary/aromatic N) is 2. The lowest BCUT2D eigenvalue weighted by Crippen LogP contribution is -2.62. The summed E-state index contributed by atoms with van der Waals surface area (Å²) in [5, 5.41) is 16.3. The van der Waals surface area contributed by atoms with Gasteiger partial charge in [-0.1, -0.05) is 30.7 Å². The second kappa shape index (κ2) is 15.4. The highest BCUT2D eigenvalue weighted by Gasteiger charge is 2.45. The van der Waals surface area contributed by atoms with E-state index in [1.54, 1.807) is 36.7 Å². The van der Waals surface area contributed by atoms with Crippen molar-refractivity contribution in [1.82, 2.24) is 14.7 Å². The fourth-order valence-electron chi connectivity index (χ4n) is 3.84. The number of nitrogens with one attached hydrogen (secondary N) is 1. The van der Waals surface area contributed by atoms with Gasteiger partial charge in [-0.3, -0.25) is 10.0 Å². The molecule has 208 valence electrons. The molecule has 5 N–H and O–H groups in total. The lowest BCUT2D eigenvalue weighted by molar-refractivity contribution is -0.149. The van der Waals surface area contributed by atoms with Crippen LogP contribution in [0.3, 0.4) is 0 Å². The van der Waals surface area contributed by atoms with E-state index < -0.39 is 34.2 Å². The molecule has 2 aromatic carbocycles. The van der Waals surface area contributed by atoms with Crippen LogP contribution in [-0.2, 0) is 26.2 Å². The summed E-state index contributed by atoms with van der Waals surface area (Å²) < 4.78 is 39.8. The molecule has 0 unspecified atom stereocenters. The van der Waals surface area contributed by atoms with Gasteiger partial charge in [-0.25, -0.2) is 19.8 Å². The first kappa shape index (κ1) is 33.0. The van der Waals surface area contributed by atoms with E-state index in [1.165, 1.54) is 12.1 Å². The molecule has 11 nitrogen and oxygen atoms in total. The number of sulfonamides is 1. The maximum Gasteiger partial charge on any atom is 0.264 e. The molecule has 0 saturated carbocycles. The van der Waals surface area contributed by atoms with Gasteiger partial charge in [0, 0.05) is 18.1 Å². The van der Waals surface area contributed by atoms with Crippen LogP contribution in [-0.4, -0.2) is 78.9 Å². The van der Waals surface area contributed by atoms with Gasteiger partial charge in [0.05, 0.1) is 17.1 Å². The van der Waals surface area contributed by atoms with E-state index in [9.17, 15) is 18.4 Å². The fourth-order valence-corrected chi connectivity index (χ4v) is 5.73. The molecule has 1 aliphatic heterocycles. The van der Waals surface area contributed by atoms with Crippen molar-refractivity contribution in [3.8, 4) is 5.75 Å². The molecule has 0 bridgehead atoms. The van der Waals surface area contributed by atoms with Crippen molar-refractivity contribution < 1.29 is 33.1 Å². The summed E-state index contributed by atoms with van der Waals surface area (Å²) in [6, 6.07) is 12.0. The number of carbonyl (C=O) groups is 1. The molecule has 0 radical (unpaired) electrons. The average molecular weight is 582 g/mol. The van der Waals surface area contributed by atoms with Crippen LogP contribution in [0, 0.1) is 0 Å². The first-order valence-corrected chi connectivity index (χ1v) is 13.0. The number of amides is 1. The van der Waals surface area contributed by atoms with Gasteiger partial charge in [0.25, 0.3) is 5.91 Å². The molecule has 1 aliphatic rings. The lowest BCUT2D eigenvalue weighted by atomic mass is 10.1. The van der Waals surface area contributed by atoms with Crippen LogP contribution in [0.5, 0.6) is 5.75 Å². The SMILES string of the molecule is CCN(C)C[C@H]1CN(S(=O)(=O)c2ccc(OCc3cccc(Cl)c3)cc2)[C@@H](C(=O)NO)[C@H](C)O1.Cl.NO. The average Bonchev–Trinajstić information content (AvgIpc) is 2.88. The maximum atomic E-state index is 13.5. The van der Waals surface area contributed by atoms with Crippen molar-refractivity contribution >= 4 is 39.9 Å². The van der Waals surface area contributed by atoms with E-state index in [2.05, 4.69) is 5.90 Å². The van der Waals surface area contributed by atoms with E-state index in [1.807, 2.05) is 31.0 Å². The number of likely N-dealkylation sites (N-methyl/N-ethyl adjacent to an activating group) is 1. The van der Waals surface area contributed by atoms with Crippen LogP contribution >= 0.6 is 24.0 Å². The Morgan fingerprint density at radius 3 is 2.49 bits per heavy atom. The van der Waals surface area contributed by atoms with Crippen molar-refractivity contribution in [1.29, 1.82) is 0 Å². The summed E-state index contributed by atoms with van der Waals surface area (Å²) in [4.78, 5) is 14.4. The molecular weight excluding hydrogens is 547 g/mol. The minimum Gasteiger partial charge on any atom is -0.489 e. The summed E-state index contributed by atoms with van der Waals surface area (Å²) in [5.41, 5.74) is 2.45.